The smallest absolute Gasteiger partial charge is 0.306 e. The van der Waals surface area contributed by atoms with Crippen molar-refractivity contribution in [2.75, 3.05) is 0 Å². The van der Waals surface area contributed by atoms with Crippen LogP contribution in [0.4, 0.5) is 0 Å². The van der Waals surface area contributed by atoms with E-state index in [-0.39, 0.29) is 12.1 Å². The molecule has 0 N–H and O–H groups in total. The van der Waals surface area contributed by atoms with E-state index in [0.29, 0.717) is 6.42 Å². The van der Waals surface area contributed by atoms with Gasteiger partial charge in [-0.05, 0) is 19.3 Å². The van der Waals surface area contributed by atoms with Crippen LogP contribution in [0.25, 0.3) is 0 Å². The molecule has 72 valence electrons. The first-order chi connectivity index (χ1) is 6.33. The maximum Gasteiger partial charge on any atom is 0.306 e. The standard InChI is InChI=1S/C11H16O2/c1-2-11(12)13-10-8-6-4-3-5-7-9-10/h10H,2-6,8H2,1H3. The molecule has 2 nitrogen and oxygen atoms in total. The van der Waals surface area contributed by atoms with Crippen molar-refractivity contribution in [2.24, 2.45) is 0 Å². The van der Waals surface area contributed by atoms with Gasteiger partial charge in [-0.1, -0.05) is 25.2 Å². The summed E-state index contributed by atoms with van der Waals surface area (Å²) in [5.41, 5.74) is 0. The van der Waals surface area contributed by atoms with Crippen LogP contribution >= 0.6 is 0 Å². The lowest BCUT2D eigenvalue weighted by Crippen LogP contribution is -2.16. The predicted molar refractivity (Wildman–Crippen MR) is 51.0 cm³/mol. The zero-order valence-electron chi connectivity index (χ0n) is 8.14. The van der Waals surface area contributed by atoms with Gasteiger partial charge >= 0.3 is 5.97 Å². The highest BCUT2D eigenvalue weighted by Gasteiger charge is 2.10. The molecule has 1 aliphatic rings. The molecule has 0 saturated heterocycles. The van der Waals surface area contributed by atoms with Crippen molar-refractivity contribution in [3.8, 4) is 11.8 Å². The Morgan fingerprint density at radius 1 is 1.46 bits per heavy atom. The number of carbonyl (C=O) groups excluding carboxylic acids is 1. The zero-order valence-corrected chi connectivity index (χ0v) is 8.14. The van der Waals surface area contributed by atoms with E-state index in [1.807, 2.05) is 0 Å². The fourth-order valence-electron chi connectivity index (χ4n) is 1.31. The van der Waals surface area contributed by atoms with Gasteiger partial charge in [0.25, 0.3) is 0 Å². The van der Waals surface area contributed by atoms with E-state index < -0.39 is 0 Å². The van der Waals surface area contributed by atoms with Crippen LogP contribution in [0.2, 0.25) is 0 Å². The summed E-state index contributed by atoms with van der Waals surface area (Å²) in [5, 5.41) is 0. The van der Waals surface area contributed by atoms with Gasteiger partial charge in [0, 0.05) is 12.8 Å². The molecule has 1 unspecified atom stereocenters. The van der Waals surface area contributed by atoms with E-state index in [4.69, 9.17) is 4.74 Å². The molecule has 0 fully saturated rings. The summed E-state index contributed by atoms with van der Waals surface area (Å²) >= 11 is 0. The summed E-state index contributed by atoms with van der Waals surface area (Å²) in [6.07, 6.45) is 5.65. The number of rotatable bonds is 2. The highest BCUT2D eigenvalue weighted by Crippen LogP contribution is 2.11. The van der Waals surface area contributed by atoms with Crippen molar-refractivity contribution >= 4 is 5.97 Å². The third kappa shape index (κ3) is 3.98. The summed E-state index contributed by atoms with van der Waals surface area (Å²) in [6, 6.07) is 0. The number of ether oxygens (including phenoxy) is 1. The monoisotopic (exact) mass is 180 g/mol. The van der Waals surface area contributed by atoms with Gasteiger partial charge in [-0.15, -0.1) is 0 Å². The Hall–Kier alpha value is -0.970. The van der Waals surface area contributed by atoms with Crippen molar-refractivity contribution in [2.45, 2.75) is 51.6 Å². The quantitative estimate of drug-likeness (QED) is 0.481. The van der Waals surface area contributed by atoms with Crippen LogP contribution in [0.15, 0.2) is 0 Å². The summed E-state index contributed by atoms with van der Waals surface area (Å²) in [5.74, 6) is 5.89. The maximum atomic E-state index is 11.0. The first kappa shape index (κ1) is 10.1. The molecule has 13 heavy (non-hydrogen) atoms. The molecule has 0 bridgehead atoms. The largest absolute Gasteiger partial charge is 0.449 e. The Balaban J connectivity index is 2.41. The van der Waals surface area contributed by atoms with E-state index in [1.54, 1.807) is 6.92 Å². The van der Waals surface area contributed by atoms with Gasteiger partial charge in [0.15, 0.2) is 6.10 Å². The average molecular weight is 180 g/mol. The van der Waals surface area contributed by atoms with E-state index in [2.05, 4.69) is 11.8 Å². The molecule has 0 heterocycles. The number of carbonyl (C=O) groups is 1. The summed E-state index contributed by atoms with van der Waals surface area (Å²) in [6.45, 7) is 1.80. The van der Waals surface area contributed by atoms with Gasteiger partial charge in [-0.3, -0.25) is 4.79 Å². The predicted octanol–water partition coefficient (Wildman–Crippen LogP) is 2.28. The van der Waals surface area contributed by atoms with E-state index in [0.717, 1.165) is 19.3 Å². The molecule has 0 aromatic carbocycles. The van der Waals surface area contributed by atoms with Crippen LogP contribution in [0.5, 0.6) is 0 Å². The van der Waals surface area contributed by atoms with Crippen molar-refractivity contribution in [3.05, 3.63) is 0 Å². The van der Waals surface area contributed by atoms with Crippen molar-refractivity contribution < 1.29 is 9.53 Å². The van der Waals surface area contributed by atoms with E-state index in [1.165, 1.54) is 12.8 Å². The first-order valence-electron chi connectivity index (χ1n) is 5.01. The number of hydrogen-bond donors (Lipinski definition) is 0. The van der Waals surface area contributed by atoms with Crippen LogP contribution in [-0.2, 0) is 9.53 Å². The maximum absolute atomic E-state index is 11.0. The fraction of sp³-hybridized carbons (Fsp3) is 0.727. The highest BCUT2D eigenvalue weighted by molar-refractivity contribution is 5.69. The second-order valence-corrected chi connectivity index (χ2v) is 3.25. The molecule has 0 saturated carbocycles. The van der Waals surface area contributed by atoms with Gasteiger partial charge < -0.3 is 4.74 Å². The average Bonchev–Trinajstić information content (AvgIpc) is 2.09. The van der Waals surface area contributed by atoms with Gasteiger partial charge in [-0.2, -0.15) is 0 Å². The van der Waals surface area contributed by atoms with Crippen LogP contribution in [-0.4, -0.2) is 12.1 Å². The Labute approximate surface area is 79.7 Å². The van der Waals surface area contributed by atoms with Crippen LogP contribution in [0.3, 0.4) is 0 Å². The topological polar surface area (TPSA) is 26.3 Å². The van der Waals surface area contributed by atoms with Crippen LogP contribution < -0.4 is 0 Å². The lowest BCUT2D eigenvalue weighted by molar-refractivity contribution is -0.146. The molecule has 0 radical (unpaired) electrons. The van der Waals surface area contributed by atoms with Gasteiger partial charge in [-0.25, -0.2) is 0 Å². The van der Waals surface area contributed by atoms with Crippen LogP contribution in [0.1, 0.15) is 45.4 Å². The van der Waals surface area contributed by atoms with Crippen LogP contribution in [0, 0.1) is 11.8 Å². The lowest BCUT2D eigenvalue weighted by Gasteiger charge is -2.12. The molecule has 2 heteroatoms. The molecule has 0 aromatic heterocycles. The molecule has 0 amide bonds. The van der Waals surface area contributed by atoms with Gasteiger partial charge in [0.1, 0.15) is 0 Å². The van der Waals surface area contributed by atoms with Crippen molar-refractivity contribution in [1.29, 1.82) is 0 Å². The highest BCUT2D eigenvalue weighted by atomic mass is 16.5. The molecule has 0 aliphatic heterocycles. The minimum absolute atomic E-state index is 0.139. The Bertz CT molecular complexity index is 222. The normalized spacial score (nSPS) is 22.1. The zero-order chi connectivity index (χ0) is 9.52. The minimum atomic E-state index is -0.146. The van der Waals surface area contributed by atoms with Crippen molar-refractivity contribution in [1.82, 2.24) is 0 Å². The summed E-state index contributed by atoms with van der Waals surface area (Å²) in [7, 11) is 0. The second kappa shape index (κ2) is 5.64. The van der Waals surface area contributed by atoms with Crippen molar-refractivity contribution in [3.63, 3.8) is 0 Å². The minimum Gasteiger partial charge on any atom is -0.449 e. The molecule has 0 aromatic rings. The Kier molecular flexibility index (Phi) is 4.39. The third-order valence-corrected chi connectivity index (χ3v) is 2.09. The Morgan fingerprint density at radius 3 is 3.08 bits per heavy atom. The summed E-state index contributed by atoms with van der Waals surface area (Å²) < 4.78 is 5.16. The lowest BCUT2D eigenvalue weighted by atomic mass is 10.1. The van der Waals surface area contributed by atoms with Gasteiger partial charge in [0.05, 0.1) is 0 Å². The molecule has 1 aliphatic carbocycles. The summed E-state index contributed by atoms with van der Waals surface area (Å²) in [4.78, 5) is 11.0. The third-order valence-electron chi connectivity index (χ3n) is 2.09. The molecular weight excluding hydrogens is 164 g/mol. The second-order valence-electron chi connectivity index (χ2n) is 3.25. The molecule has 1 rings (SSSR count). The Morgan fingerprint density at radius 2 is 2.31 bits per heavy atom. The van der Waals surface area contributed by atoms with Gasteiger partial charge in [0.2, 0.25) is 0 Å². The number of esters is 1. The number of hydrogen-bond acceptors (Lipinski definition) is 2. The van der Waals surface area contributed by atoms with E-state index in [9.17, 15) is 4.79 Å². The molecule has 1 atom stereocenters. The fourth-order valence-corrected chi connectivity index (χ4v) is 1.31. The first-order valence-corrected chi connectivity index (χ1v) is 5.01. The molecule has 0 spiro atoms. The SMILES string of the molecule is CCC(=O)OC1C#CCCCCC1. The van der Waals surface area contributed by atoms with E-state index >= 15 is 0 Å². The molecular formula is C11H16O2.